The highest BCUT2D eigenvalue weighted by molar-refractivity contribution is 14.1. The lowest BCUT2D eigenvalue weighted by molar-refractivity contribution is -0.126. The lowest BCUT2D eigenvalue weighted by Gasteiger charge is -2.24. The van der Waals surface area contributed by atoms with E-state index in [1.54, 1.807) is 11.3 Å². The molecule has 0 amide bonds. The standard InChI is InChI=1S/C10H11F3INS/c11-10(12,13)5-15-7-2-1-3-8-6(7)4-9(14)16-8/h4,7,15H,1-3,5H2. The van der Waals surface area contributed by atoms with Crippen molar-refractivity contribution in [3.05, 3.63) is 19.4 Å². The molecule has 2 rings (SSSR count). The molecule has 1 aliphatic rings. The summed E-state index contributed by atoms with van der Waals surface area (Å²) in [6, 6.07) is 1.89. The van der Waals surface area contributed by atoms with Crippen LogP contribution in [0.3, 0.4) is 0 Å². The maximum atomic E-state index is 12.1. The molecule has 0 bridgehead atoms. The Bertz CT molecular complexity index is 375. The van der Waals surface area contributed by atoms with E-state index in [2.05, 4.69) is 27.9 Å². The molecule has 0 fully saturated rings. The molecule has 6 heteroatoms. The quantitative estimate of drug-likeness (QED) is 0.789. The van der Waals surface area contributed by atoms with Gasteiger partial charge in [0, 0.05) is 10.9 Å². The first-order chi connectivity index (χ1) is 7.46. The van der Waals surface area contributed by atoms with Gasteiger partial charge in [0.25, 0.3) is 0 Å². The normalized spacial score (nSPS) is 20.9. The summed E-state index contributed by atoms with van der Waals surface area (Å²) in [5.74, 6) is 0. The van der Waals surface area contributed by atoms with Crippen LogP contribution in [0.2, 0.25) is 0 Å². The Kier molecular flexibility index (Phi) is 3.80. The van der Waals surface area contributed by atoms with Crippen LogP contribution in [0.15, 0.2) is 6.07 Å². The van der Waals surface area contributed by atoms with E-state index in [1.165, 1.54) is 4.88 Å². The highest BCUT2D eigenvalue weighted by Gasteiger charge is 2.30. The van der Waals surface area contributed by atoms with Crippen molar-refractivity contribution in [1.29, 1.82) is 0 Å². The molecule has 1 aliphatic carbocycles. The fourth-order valence-corrected chi connectivity index (χ4v) is 4.09. The predicted molar refractivity (Wildman–Crippen MR) is 66.8 cm³/mol. The SMILES string of the molecule is FC(F)(F)CNC1CCCc2sc(I)cc21. The van der Waals surface area contributed by atoms with Gasteiger partial charge in [-0.1, -0.05) is 0 Å². The molecule has 0 aliphatic heterocycles. The van der Waals surface area contributed by atoms with Crippen LogP contribution in [-0.2, 0) is 6.42 Å². The first-order valence-electron chi connectivity index (χ1n) is 5.04. The number of rotatable bonds is 2. The van der Waals surface area contributed by atoms with Crippen LogP contribution < -0.4 is 5.32 Å². The van der Waals surface area contributed by atoms with E-state index in [0.717, 1.165) is 27.7 Å². The maximum absolute atomic E-state index is 12.1. The highest BCUT2D eigenvalue weighted by atomic mass is 127. The van der Waals surface area contributed by atoms with Gasteiger partial charge in [0.1, 0.15) is 0 Å². The predicted octanol–water partition coefficient (Wildman–Crippen LogP) is 3.88. The summed E-state index contributed by atoms with van der Waals surface area (Å²) in [6.07, 6.45) is -1.34. The van der Waals surface area contributed by atoms with E-state index >= 15 is 0 Å². The van der Waals surface area contributed by atoms with Crippen molar-refractivity contribution < 1.29 is 13.2 Å². The number of nitrogens with one attached hydrogen (secondary N) is 1. The number of halogens is 4. The van der Waals surface area contributed by atoms with Crippen LogP contribution in [0.5, 0.6) is 0 Å². The van der Waals surface area contributed by atoms with E-state index in [9.17, 15) is 13.2 Å². The molecule has 0 saturated heterocycles. The topological polar surface area (TPSA) is 12.0 Å². The Hall–Kier alpha value is 0.180. The fourth-order valence-electron chi connectivity index (χ4n) is 1.97. The van der Waals surface area contributed by atoms with Crippen LogP contribution >= 0.6 is 33.9 Å². The number of aryl methyl sites for hydroxylation is 1. The molecule has 1 heterocycles. The van der Waals surface area contributed by atoms with Crippen molar-refractivity contribution >= 4 is 33.9 Å². The van der Waals surface area contributed by atoms with Crippen molar-refractivity contribution in [2.24, 2.45) is 0 Å². The summed E-state index contributed by atoms with van der Waals surface area (Å²) >= 11 is 3.92. The van der Waals surface area contributed by atoms with Crippen LogP contribution in [0.1, 0.15) is 29.3 Å². The minimum Gasteiger partial charge on any atom is -0.302 e. The molecular weight excluding hydrogens is 350 g/mol. The monoisotopic (exact) mass is 361 g/mol. The lowest BCUT2D eigenvalue weighted by atomic mass is 9.94. The third-order valence-corrected chi connectivity index (χ3v) is 4.60. The number of hydrogen-bond donors (Lipinski definition) is 1. The molecule has 1 atom stereocenters. The molecule has 1 unspecified atom stereocenters. The van der Waals surface area contributed by atoms with Gasteiger partial charge in [0.2, 0.25) is 0 Å². The molecule has 0 radical (unpaired) electrons. The molecule has 16 heavy (non-hydrogen) atoms. The summed E-state index contributed by atoms with van der Waals surface area (Å²) in [4.78, 5) is 1.25. The van der Waals surface area contributed by atoms with Crippen LogP contribution in [-0.4, -0.2) is 12.7 Å². The average molecular weight is 361 g/mol. The number of thiophene rings is 1. The second-order valence-electron chi connectivity index (χ2n) is 3.87. The van der Waals surface area contributed by atoms with Crippen molar-refractivity contribution in [2.75, 3.05) is 6.54 Å². The van der Waals surface area contributed by atoms with Gasteiger partial charge in [-0.3, -0.25) is 0 Å². The van der Waals surface area contributed by atoms with Crippen molar-refractivity contribution in [2.45, 2.75) is 31.5 Å². The number of fused-ring (bicyclic) bond motifs is 1. The van der Waals surface area contributed by atoms with E-state index in [-0.39, 0.29) is 6.04 Å². The molecule has 0 saturated carbocycles. The molecule has 1 aromatic heterocycles. The lowest BCUT2D eigenvalue weighted by Crippen LogP contribution is -2.33. The summed E-state index contributed by atoms with van der Waals surface area (Å²) in [6.45, 7) is -0.899. The van der Waals surface area contributed by atoms with Gasteiger partial charge in [0.15, 0.2) is 0 Å². The third kappa shape index (κ3) is 3.10. The Morgan fingerprint density at radius 2 is 2.25 bits per heavy atom. The first-order valence-corrected chi connectivity index (χ1v) is 6.93. The molecule has 1 N–H and O–H groups in total. The van der Waals surface area contributed by atoms with Gasteiger partial charge in [0.05, 0.1) is 9.43 Å². The van der Waals surface area contributed by atoms with Crippen molar-refractivity contribution in [3.63, 3.8) is 0 Å². The molecule has 0 spiro atoms. The van der Waals surface area contributed by atoms with E-state index < -0.39 is 12.7 Å². The molecule has 90 valence electrons. The Morgan fingerprint density at radius 1 is 1.50 bits per heavy atom. The molecule has 1 nitrogen and oxygen atoms in total. The maximum Gasteiger partial charge on any atom is 0.401 e. The van der Waals surface area contributed by atoms with Crippen LogP contribution in [0, 0.1) is 2.88 Å². The zero-order chi connectivity index (χ0) is 11.8. The average Bonchev–Trinajstić information content (AvgIpc) is 2.54. The summed E-state index contributed by atoms with van der Waals surface area (Å²) in [7, 11) is 0. The molecule has 0 aromatic carbocycles. The Labute approximate surface area is 110 Å². The fraction of sp³-hybridized carbons (Fsp3) is 0.600. The third-order valence-electron chi connectivity index (χ3n) is 2.63. The summed E-state index contributed by atoms with van der Waals surface area (Å²) in [5, 5.41) is 2.61. The van der Waals surface area contributed by atoms with Crippen LogP contribution in [0.25, 0.3) is 0 Å². The smallest absolute Gasteiger partial charge is 0.302 e. The van der Waals surface area contributed by atoms with E-state index in [1.807, 2.05) is 6.07 Å². The Morgan fingerprint density at radius 3 is 2.94 bits per heavy atom. The van der Waals surface area contributed by atoms with Crippen molar-refractivity contribution in [1.82, 2.24) is 5.32 Å². The second kappa shape index (κ2) is 4.81. The van der Waals surface area contributed by atoms with Gasteiger partial charge in [-0.15, -0.1) is 11.3 Å². The van der Waals surface area contributed by atoms with Gasteiger partial charge in [-0.25, -0.2) is 0 Å². The largest absolute Gasteiger partial charge is 0.401 e. The summed E-state index contributed by atoms with van der Waals surface area (Å²) in [5.41, 5.74) is 1.07. The molecule has 1 aromatic rings. The second-order valence-corrected chi connectivity index (χ2v) is 6.90. The van der Waals surface area contributed by atoms with E-state index in [4.69, 9.17) is 0 Å². The minimum absolute atomic E-state index is 0.120. The van der Waals surface area contributed by atoms with Gasteiger partial charge < -0.3 is 5.32 Å². The van der Waals surface area contributed by atoms with Gasteiger partial charge >= 0.3 is 6.18 Å². The van der Waals surface area contributed by atoms with E-state index in [0.29, 0.717) is 0 Å². The van der Waals surface area contributed by atoms with Crippen LogP contribution in [0.4, 0.5) is 13.2 Å². The summed E-state index contributed by atoms with van der Waals surface area (Å²) < 4.78 is 37.5. The zero-order valence-corrected chi connectivity index (χ0v) is 11.4. The number of alkyl halides is 3. The minimum atomic E-state index is -4.12. The first kappa shape index (κ1) is 12.6. The van der Waals surface area contributed by atoms with Crippen molar-refractivity contribution in [3.8, 4) is 0 Å². The zero-order valence-electron chi connectivity index (χ0n) is 8.40. The highest BCUT2D eigenvalue weighted by Crippen LogP contribution is 2.36. The molecular formula is C10H11F3INS. The Balaban J connectivity index is 2.07. The van der Waals surface area contributed by atoms with Gasteiger partial charge in [-0.2, -0.15) is 13.2 Å². The van der Waals surface area contributed by atoms with Gasteiger partial charge in [-0.05, 0) is 53.5 Å². The number of hydrogen-bond acceptors (Lipinski definition) is 2.